The van der Waals surface area contributed by atoms with Crippen molar-refractivity contribution in [3.8, 4) is 0 Å². The molecule has 2 aromatic rings. The fourth-order valence-corrected chi connectivity index (χ4v) is 8.61. The first kappa shape index (κ1) is 65.9. The molecule has 2 heterocycles. The summed E-state index contributed by atoms with van der Waals surface area (Å²) in [5.74, 6) is -9.75. The van der Waals surface area contributed by atoms with E-state index in [-0.39, 0.29) is 142 Å². The predicted molar refractivity (Wildman–Crippen MR) is 282 cm³/mol. The second kappa shape index (κ2) is 35.2. The summed E-state index contributed by atoms with van der Waals surface area (Å²) in [7, 11) is 0. The number of hydrogen-bond acceptors (Lipinski definition) is 16. The second-order valence-electron chi connectivity index (χ2n) is 18.8. The molecule has 0 bridgehead atoms. The van der Waals surface area contributed by atoms with Crippen LogP contribution in [0.3, 0.4) is 0 Å². The van der Waals surface area contributed by atoms with Crippen molar-refractivity contribution in [3.05, 3.63) is 63.9 Å². The van der Waals surface area contributed by atoms with E-state index in [1.54, 1.807) is 67.1 Å². The molecule has 1 aromatic carbocycles. The number of amides is 5. The standard InChI is InChI=1S/C50H71BrN10O18/c51-39-14-9-34(28-53-39)29-61(18-4-2-5-36(47(73)74)55-50(79)56-37(48(75)76)12-16-42(64)65)41(63)6-1-3-17-52-46(72)35-10-7-33(8-11-35)27-54-40(62)15-13-38(49(77)78)60-25-23-58(31-44(68)69)21-19-57(30-43(66)67)20-22-59(24-26-60)32-45(70)71/h7-11,14,28,36-38H,1-6,12-13,15-27,29-32H2,(H,52,72)(H,54,62)(H,64,65)(H,66,67)(H,68,69)(H,70,71)(H,73,74)(H,75,76)(H,77,78)(H2,55,56,79)/t36-,37-,38?/m1/s1. The lowest BCUT2D eigenvalue weighted by Crippen LogP contribution is -2.52. The number of nitrogens with zero attached hydrogens (tertiary/aromatic N) is 6. The van der Waals surface area contributed by atoms with Crippen LogP contribution in [0.5, 0.6) is 0 Å². The van der Waals surface area contributed by atoms with Crippen LogP contribution in [0.1, 0.15) is 85.7 Å². The summed E-state index contributed by atoms with van der Waals surface area (Å²) in [6.07, 6.45) is 1.85. The largest absolute Gasteiger partial charge is 0.481 e. The van der Waals surface area contributed by atoms with Crippen LogP contribution < -0.4 is 21.3 Å². The lowest BCUT2D eigenvalue weighted by Gasteiger charge is -2.35. The molecule has 1 fully saturated rings. The number of unbranched alkanes of at least 4 members (excludes halogenated alkanes) is 2. The van der Waals surface area contributed by atoms with Gasteiger partial charge in [-0.1, -0.05) is 18.2 Å². The lowest BCUT2D eigenvalue weighted by atomic mass is 10.1. The average Bonchev–Trinajstić information content (AvgIpc) is 3.38. The molecule has 3 atom stereocenters. The summed E-state index contributed by atoms with van der Waals surface area (Å²) < 4.78 is 0.591. The monoisotopic (exact) mass is 1180 g/mol. The van der Waals surface area contributed by atoms with Gasteiger partial charge in [-0.15, -0.1) is 0 Å². The zero-order chi connectivity index (χ0) is 58.4. The predicted octanol–water partition coefficient (Wildman–Crippen LogP) is 0.339. The minimum atomic E-state index is -1.55. The first-order valence-electron chi connectivity index (χ1n) is 25.5. The highest BCUT2D eigenvalue weighted by Gasteiger charge is 2.29. The van der Waals surface area contributed by atoms with Gasteiger partial charge in [0.05, 0.1) is 19.6 Å². The van der Waals surface area contributed by atoms with Crippen molar-refractivity contribution in [2.75, 3.05) is 85.1 Å². The van der Waals surface area contributed by atoms with Crippen LogP contribution in [0.15, 0.2) is 47.2 Å². The third-order valence-electron chi connectivity index (χ3n) is 12.7. The van der Waals surface area contributed by atoms with Crippen molar-refractivity contribution in [1.29, 1.82) is 0 Å². The number of hydrogen-bond donors (Lipinski definition) is 11. The number of benzene rings is 1. The molecule has 79 heavy (non-hydrogen) atoms. The maximum atomic E-state index is 13.5. The van der Waals surface area contributed by atoms with E-state index in [1.165, 1.54) is 0 Å². The van der Waals surface area contributed by atoms with Crippen LogP contribution >= 0.6 is 15.9 Å². The van der Waals surface area contributed by atoms with Crippen LogP contribution in [0.25, 0.3) is 0 Å². The van der Waals surface area contributed by atoms with Gasteiger partial charge in [0.15, 0.2) is 0 Å². The van der Waals surface area contributed by atoms with Crippen molar-refractivity contribution in [2.24, 2.45) is 0 Å². The maximum Gasteiger partial charge on any atom is 0.326 e. The van der Waals surface area contributed by atoms with Crippen molar-refractivity contribution in [1.82, 2.24) is 50.8 Å². The molecule has 1 aromatic heterocycles. The number of rotatable bonds is 33. The van der Waals surface area contributed by atoms with Gasteiger partial charge >= 0.3 is 47.8 Å². The number of pyridine rings is 1. The van der Waals surface area contributed by atoms with Gasteiger partial charge in [0.1, 0.15) is 22.7 Å². The number of carbonyl (C=O) groups excluding carboxylic acids is 4. The van der Waals surface area contributed by atoms with Crippen molar-refractivity contribution >= 4 is 81.5 Å². The minimum absolute atomic E-state index is 0.0580. The van der Waals surface area contributed by atoms with Crippen LogP contribution in [0, 0.1) is 0 Å². The molecule has 0 aliphatic carbocycles. The average molecular weight is 1180 g/mol. The topological polar surface area (TPSA) is 407 Å². The number of aromatic nitrogens is 1. The highest BCUT2D eigenvalue weighted by molar-refractivity contribution is 9.10. The summed E-state index contributed by atoms with van der Waals surface area (Å²) in [5, 5.41) is 76.5. The molecule has 1 aliphatic heterocycles. The van der Waals surface area contributed by atoms with E-state index < -0.39 is 84.7 Å². The molecule has 1 aliphatic rings. The van der Waals surface area contributed by atoms with Crippen molar-refractivity contribution in [2.45, 2.75) is 95.4 Å². The van der Waals surface area contributed by atoms with Crippen molar-refractivity contribution < 1.29 is 88.5 Å². The number of halogens is 1. The lowest BCUT2D eigenvalue weighted by molar-refractivity contribution is -0.145. The van der Waals surface area contributed by atoms with E-state index in [0.717, 1.165) is 5.56 Å². The molecule has 5 amide bonds. The van der Waals surface area contributed by atoms with E-state index in [0.29, 0.717) is 35.0 Å². The molecular weight excluding hydrogens is 1110 g/mol. The Morgan fingerprint density at radius 2 is 1.09 bits per heavy atom. The fraction of sp³-hybridized carbons (Fsp3) is 0.560. The molecule has 1 saturated heterocycles. The molecule has 436 valence electrons. The highest BCUT2D eigenvalue weighted by Crippen LogP contribution is 2.15. The van der Waals surface area contributed by atoms with E-state index in [1.807, 2.05) is 0 Å². The number of carboxylic acids is 7. The summed E-state index contributed by atoms with van der Waals surface area (Å²) in [6, 6.07) is 4.70. The van der Waals surface area contributed by atoms with Gasteiger partial charge in [-0.2, -0.15) is 0 Å². The van der Waals surface area contributed by atoms with E-state index in [9.17, 15) is 83.4 Å². The molecule has 0 saturated carbocycles. The number of carbonyl (C=O) groups is 11. The van der Waals surface area contributed by atoms with Crippen LogP contribution in [0.2, 0.25) is 0 Å². The number of urea groups is 1. The van der Waals surface area contributed by atoms with E-state index in [2.05, 4.69) is 42.2 Å². The first-order valence-corrected chi connectivity index (χ1v) is 26.3. The normalized spacial score (nSPS) is 15.2. The molecule has 11 N–H and O–H groups in total. The molecule has 0 radical (unpaired) electrons. The Morgan fingerprint density at radius 3 is 1.58 bits per heavy atom. The maximum absolute atomic E-state index is 13.5. The quantitative estimate of drug-likeness (QED) is 0.0339. The Balaban J connectivity index is 1.49. The SMILES string of the molecule is O=C(O)CC[C@@H](NC(=O)N[C@H](CCCCN(Cc1ccc(Br)nc1)C(=O)CCCCNC(=O)c1ccc(CNC(=O)CCC(C(=O)O)N2CCN(CC(=O)O)CCN(CC(=O)O)CCN(CC(=O)O)CC2)cc1)C(=O)O)C(=O)O. The zero-order valence-corrected chi connectivity index (χ0v) is 45.2. The van der Waals surface area contributed by atoms with Gasteiger partial charge in [0, 0.05) is 110 Å². The zero-order valence-electron chi connectivity index (χ0n) is 43.6. The van der Waals surface area contributed by atoms with E-state index >= 15 is 0 Å². The molecule has 3 rings (SSSR count). The minimum Gasteiger partial charge on any atom is -0.481 e. The van der Waals surface area contributed by atoms with Gasteiger partial charge in [0.2, 0.25) is 11.8 Å². The van der Waals surface area contributed by atoms with Gasteiger partial charge < -0.3 is 61.9 Å². The number of aliphatic carboxylic acids is 7. The Labute approximate surface area is 463 Å². The highest BCUT2D eigenvalue weighted by atomic mass is 79.9. The smallest absolute Gasteiger partial charge is 0.326 e. The number of nitrogens with one attached hydrogen (secondary N) is 4. The second-order valence-corrected chi connectivity index (χ2v) is 19.6. The Kier molecular flexibility index (Phi) is 29.4. The van der Waals surface area contributed by atoms with Gasteiger partial charge in [-0.05, 0) is 90.2 Å². The first-order chi connectivity index (χ1) is 37.5. The van der Waals surface area contributed by atoms with Crippen LogP contribution in [0.4, 0.5) is 4.79 Å². The van der Waals surface area contributed by atoms with Crippen LogP contribution in [-0.2, 0) is 56.2 Å². The van der Waals surface area contributed by atoms with Crippen molar-refractivity contribution in [3.63, 3.8) is 0 Å². The summed E-state index contributed by atoms with van der Waals surface area (Å²) >= 11 is 3.28. The van der Waals surface area contributed by atoms with E-state index in [4.69, 9.17) is 5.11 Å². The third-order valence-corrected chi connectivity index (χ3v) is 13.1. The Bertz CT molecular complexity index is 2350. The summed E-state index contributed by atoms with van der Waals surface area (Å²) in [5.41, 5.74) is 1.71. The number of carboxylic acid groups (broad SMARTS) is 7. The fourth-order valence-electron chi connectivity index (χ4n) is 8.37. The molecule has 0 spiro atoms. The molecular formula is C50H71BrN10O18. The van der Waals surface area contributed by atoms with Crippen LogP contribution in [-0.4, -0.2) is 234 Å². The molecule has 1 unspecified atom stereocenters. The summed E-state index contributed by atoms with van der Waals surface area (Å²) in [6.45, 7) is 0.609. The third kappa shape index (κ3) is 27.2. The Hall–Kier alpha value is -7.34. The van der Waals surface area contributed by atoms with Gasteiger partial charge in [-0.25, -0.2) is 19.4 Å². The molecule has 29 heteroatoms. The Morgan fingerprint density at radius 1 is 0.557 bits per heavy atom. The summed E-state index contributed by atoms with van der Waals surface area (Å²) in [4.78, 5) is 146. The molecule has 28 nitrogen and oxygen atoms in total. The van der Waals surface area contributed by atoms with Gasteiger partial charge in [-0.3, -0.25) is 58.0 Å². The van der Waals surface area contributed by atoms with Gasteiger partial charge in [0.25, 0.3) is 5.91 Å².